The second-order valence-corrected chi connectivity index (χ2v) is 3.46. The molecule has 0 aliphatic carbocycles. The van der Waals surface area contributed by atoms with Crippen molar-refractivity contribution in [2.24, 2.45) is 0 Å². The topological polar surface area (TPSA) is 43.4 Å². The van der Waals surface area contributed by atoms with E-state index < -0.39 is 5.97 Å². The van der Waals surface area contributed by atoms with Crippen molar-refractivity contribution in [3.05, 3.63) is 0 Å². The van der Waals surface area contributed by atoms with E-state index in [1.807, 2.05) is 0 Å². The van der Waals surface area contributed by atoms with Crippen molar-refractivity contribution in [1.29, 1.82) is 0 Å². The van der Waals surface area contributed by atoms with Gasteiger partial charge >= 0.3 is 5.97 Å². The Hall–Kier alpha value is -0.860. The maximum Gasteiger partial charge on any atom is 0.313 e. The number of methoxy groups -OCH3 is 1. The van der Waals surface area contributed by atoms with Gasteiger partial charge in [-0.05, 0) is 6.42 Å². The lowest BCUT2D eigenvalue weighted by Gasteiger charge is -2.00. The highest BCUT2D eigenvalue weighted by molar-refractivity contribution is 5.95. The molecule has 0 aromatic carbocycles. The van der Waals surface area contributed by atoms with Gasteiger partial charge in [0.05, 0.1) is 7.11 Å². The zero-order valence-electron chi connectivity index (χ0n) is 9.17. The summed E-state index contributed by atoms with van der Waals surface area (Å²) in [6, 6.07) is 0. The summed E-state index contributed by atoms with van der Waals surface area (Å²) in [5, 5.41) is 0. The molecule has 0 aromatic rings. The molecule has 0 bridgehead atoms. The van der Waals surface area contributed by atoms with Crippen molar-refractivity contribution in [3.8, 4) is 0 Å². The molecule has 3 heteroatoms. The molecule has 0 heterocycles. The van der Waals surface area contributed by atoms with Gasteiger partial charge in [-0.3, -0.25) is 9.59 Å². The van der Waals surface area contributed by atoms with Crippen LogP contribution in [0.3, 0.4) is 0 Å². The highest BCUT2D eigenvalue weighted by Gasteiger charge is 2.08. The number of carbonyl (C=O) groups is 2. The molecule has 3 nitrogen and oxygen atoms in total. The number of unbranched alkanes of at least 4 members (excludes halogenated alkanes) is 4. The van der Waals surface area contributed by atoms with Gasteiger partial charge in [0, 0.05) is 6.42 Å². The standard InChI is InChI=1S/C11H20O3/c1-3-4-5-6-7-8-10(12)9-11(13)14-2/h3-9H2,1-2H3. The Morgan fingerprint density at radius 3 is 2.29 bits per heavy atom. The number of ketones is 1. The first-order valence-electron chi connectivity index (χ1n) is 5.29. The van der Waals surface area contributed by atoms with Crippen molar-refractivity contribution in [1.82, 2.24) is 0 Å². The van der Waals surface area contributed by atoms with Crippen LogP contribution in [0.1, 0.15) is 51.9 Å². The molecule has 14 heavy (non-hydrogen) atoms. The monoisotopic (exact) mass is 200 g/mol. The third kappa shape index (κ3) is 7.77. The Balaban J connectivity index is 3.31. The molecule has 82 valence electrons. The van der Waals surface area contributed by atoms with Crippen LogP contribution in [0.25, 0.3) is 0 Å². The second kappa shape index (κ2) is 8.73. The largest absolute Gasteiger partial charge is 0.469 e. The first-order chi connectivity index (χ1) is 6.70. The quantitative estimate of drug-likeness (QED) is 0.343. The van der Waals surface area contributed by atoms with Crippen LogP contribution >= 0.6 is 0 Å². The SMILES string of the molecule is CCCCCCCC(=O)CC(=O)OC. The lowest BCUT2D eigenvalue weighted by atomic mass is 10.1. The van der Waals surface area contributed by atoms with Crippen molar-refractivity contribution >= 4 is 11.8 Å². The van der Waals surface area contributed by atoms with E-state index in [1.54, 1.807) is 0 Å². The lowest BCUT2D eigenvalue weighted by molar-refractivity contribution is -0.143. The maximum absolute atomic E-state index is 11.1. The Morgan fingerprint density at radius 2 is 1.71 bits per heavy atom. The van der Waals surface area contributed by atoms with E-state index >= 15 is 0 Å². The average Bonchev–Trinajstić information content (AvgIpc) is 2.17. The number of carbonyl (C=O) groups excluding carboxylic acids is 2. The van der Waals surface area contributed by atoms with E-state index in [1.165, 1.54) is 26.4 Å². The van der Waals surface area contributed by atoms with Crippen molar-refractivity contribution in [3.63, 3.8) is 0 Å². The Labute approximate surface area is 85.8 Å². The van der Waals surface area contributed by atoms with E-state index in [0.29, 0.717) is 6.42 Å². The van der Waals surface area contributed by atoms with E-state index in [9.17, 15) is 9.59 Å². The highest BCUT2D eigenvalue weighted by Crippen LogP contribution is 2.06. The molecule has 0 spiro atoms. The fourth-order valence-electron chi connectivity index (χ4n) is 1.25. The number of rotatable bonds is 8. The van der Waals surface area contributed by atoms with E-state index in [2.05, 4.69) is 11.7 Å². The molecular weight excluding hydrogens is 180 g/mol. The fourth-order valence-corrected chi connectivity index (χ4v) is 1.25. The molecule has 0 unspecified atom stereocenters. The van der Waals surface area contributed by atoms with Gasteiger partial charge in [0.15, 0.2) is 0 Å². The number of hydrogen-bond acceptors (Lipinski definition) is 3. The van der Waals surface area contributed by atoms with Gasteiger partial charge in [0.1, 0.15) is 12.2 Å². The molecule has 0 N–H and O–H groups in total. The Kier molecular flexibility index (Phi) is 8.19. The van der Waals surface area contributed by atoms with Crippen LogP contribution in [-0.2, 0) is 14.3 Å². The van der Waals surface area contributed by atoms with Gasteiger partial charge in [-0.1, -0.05) is 32.6 Å². The summed E-state index contributed by atoms with van der Waals surface area (Å²) in [6.45, 7) is 2.16. The first-order valence-corrected chi connectivity index (χ1v) is 5.29. The maximum atomic E-state index is 11.1. The van der Waals surface area contributed by atoms with Crippen LogP contribution in [-0.4, -0.2) is 18.9 Å². The summed E-state index contributed by atoms with van der Waals surface area (Å²) in [5.41, 5.74) is 0. The minimum atomic E-state index is -0.427. The van der Waals surface area contributed by atoms with Crippen LogP contribution < -0.4 is 0 Å². The minimum Gasteiger partial charge on any atom is -0.469 e. The molecule has 0 radical (unpaired) electrons. The molecule has 0 fully saturated rings. The number of ether oxygens (including phenoxy) is 1. The van der Waals surface area contributed by atoms with Crippen LogP contribution in [0.4, 0.5) is 0 Å². The van der Waals surface area contributed by atoms with Crippen LogP contribution in [0, 0.1) is 0 Å². The summed E-state index contributed by atoms with van der Waals surface area (Å²) in [6.07, 6.45) is 6.04. The van der Waals surface area contributed by atoms with Gasteiger partial charge in [0.2, 0.25) is 0 Å². The molecule has 0 saturated heterocycles. The van der Waals surface area contributed by atoms with Crippen LogP contribution in [0.2, 0.25) is 0 Å². The smallest absolute Gasteiger partial charge is 0.313 e. The van der Waals surface area contributed by atoms with Gasteiger partial charge in [-0.25, -0.2) is 0 Å². The molecule has 0 atom stereocenters. The minimum absolute atomic E-state index is 0.00616. The molecule has 0 aliphatic rings. The lowest BCUT2D eigenvalue weighted by Crippen LogP contribution is -2.08. The van der Waals surface area contributed by atoms with Gasteiger partial charge in [-0.2, -0.15) is 0 Å². The molecule has 0 rings (SSSR count). The third-order valence-corrected chi connectivity index (χ3v) is 2.13. The van der Waals surface area contributed by atoms with Gasteiger partial charge < -0.3 is 4.74 Å². The summed E-state index contributed by atoms with van der Waals surface area (Å²) in [5.74, 6) is -0.433. The van der Waals surface area contributed by atoms with Crippen LogP contribution in [0.15, 0.2) is 0 Å². The number of Topliss-reactive ketones (excluding diaryl/α,β-unsaturated/α-hetero) is 1. The zero-order chi connectivity index (χ0) is 10.8. The van der Waals surface area contributed by atoms with Crippen molar-refractivity contribution in [2.45, 2.75) is 51.9 Å². The molecule has 0 amide bonds. The molecular formula is C11H20O3. The molecule has 0 saturated carbocycles. The number of esters is 1. The van der Waals surface area contributed by atoms with Crippen molar-refractivity contribution < 1.29 is 14.3 Å². The summed E-state index contributed by atoms with van der Waals surface area (Å²) >= 11 is 0. The molecule has 0 aliphatic heterocycles. The average molecular weight is 200 g/mol. The summed E-state index contributed by atoms with van der Waals surface area (Å²) in [4.78, 5) is 21.9. The van der Waals surface area contributed by atoms with Crippen molar-refractivity contribution in [2.75, 3.05) is 7.11 Å². The van der Waals surface area contributed by atoms with E-state index in [4.69, 9.17) is 0 Å². The number of hydrogen-bond donors (Lipinski definition) is 0. The third-order valence-electron chi connectivity index (χ3n) is 2.13. The Bertz CT molecular complexity index is 175. The summed E-state index contributed by atoms with van der Waals surface area (Å²) in [7, 11) is 1.30. The van der Waals surface area contributed by atoms with Gasteiger partial charge in [-0.15, -0.1) is 0 Å². The predicted molar refractivity (Wildman–Crippen MR) is 55.0 cm³/mol. The Morgan fingerprint density at radius 1 is 1.07 bits per heavy atom. The molecule has 0 aromatic heterocycles. The van der Waals surface area contributed by atoms with E-state index in [0.717, 1.165) is 12.8 Å². The summed E-state index contributed by atoms with van der Waals surface area (Å²) < 4.78 is 4.41. The normalized spacial score (nSPS) is 9.86. The fraction of sp³-hybridized carbons (Fsp3) is 0.818. The second-order valence-electron chi connectivity index (χ2n) is 3.46. The highest BCUT2D eigenvalue weighted by atomic mass is 16.5. The van der Waals surface area contributed by atoms with Gasteiger partial charge in [0.25, 0.3) is 0 Å². The van der Waals surface area contributed by atoms with Crippen LogP contribution in [0.5, 0.6) is 0 Å². The first kappa shape index (κ1) is 13.1. The zero-order valence-corrected chi connectivity index (χ0v) is 9.17. The predicted octanol–water partition coefficient (Wildman–Crippen LogP) is 2.48. The van der Waals surface area contributed by atoms with E-state index in [-0.39, 0.29) is 12.2 Å².